The fourth-order valence-electron chi connectivity index (χ4n) is 3.30. The fourth-order valence-corrected chi connectivity index (χ4v) is 3.30. The van der Waals surface area contributed by atoms with Crippen LogP contribution in [-0.4, -0.2) is 22.1 Å². The van der Waals surface area contributed by atoms with E-state index in [1.807, 2.05) is 0 Å². The third-order valence-corrected chi connectivity index (χ3v) is 4.48. The van der Waals surface area contributed by atoms with Crippen molar-refractivity contribution >= 4 is 11.8 Å². The molecule has 2 atom stereocenters. The maximum absolute atomic E-state index is 4.82. The Bertz CT molecular complexity index is 638. The first-order valence-corrected chi connectivity index (χ1v) is 9.00. The van der Waals surface area contributed by atoms with E-state index >= 15 is 0 Å². The number of rotatable bonds is 6. The van der Waals surface area contributed by atoms with E-state index in [1.165, 1.54) is 18.4 Å². The average Bonchev–Trinajstić information content (AvgIpc) is 2.45. The topological polar surface area (TPSA) is 49.8 Å². The fraction of sp³-hybridized carbons (Fsp3) is 0.500. The Labute approximate surface area is 145 Å². The van der Waals surface area contributed by atoms with E-state index in [0.717, 1.165) is 17.5 Å². The third-order valence-electron chi connectivity index (χ3n) is 4.48. The van der Waals surface area contributed by atoms with Crippen molar-refractivity contribution in [2.24, 2.45) is 0 Å². The monoisotopic (exact) mass is 324 g/mol. The predicted octanol–water partition coefficient (Wildman–Crippen LogP) is 4.78. The molecule has 24 heavy (non-hydrogen) atoms. The Morgan fingerprint density at radius 3 is 2.12 bits per heavy atom. The van der Waals surface area contributed by atoms with Crippen molar-refractivity contribution in [3.05, 3.63) is 47.7 Å². The van der Waals surface area contributed by atoms with Gasteiger partial charge in [0.1, 0.15) is 5.82 Å². The van der Waals surface area contributed by atoms with Crippen LogP contribution < -0.4 is 10.6 Å². The Morgan fingerprint density at radius 2 is 1.54 bits per heavy atom. The molecule has 0 bridgehead atoms. The summed E-state index contributed by atoms with van der Waals surface area (Å²) in [6.07, 6.45) is 2.43. The molecule has 0 radical (unpaired) electrons. The van der Waals surface area contributed by atoms with Gasteiger partial charge in [0.15, 0.2) is 0 Å². The lowest BCUT2D eigenvalue weighted by Crippen LogP contribution is -2.24. The molecule has 1 heterocycles. The van der Waals surface area contributed by atoms with Crippen LogP contribution in [0.2, 0.25) is 0 Å². The number of nitrogens with zero attached hydrogens (tertiary/aromatic N) is 2. The first kappa shape index (κ1) is 16.7. The molecule has 1 aromatic heterocycles. The summed E-state index contributed by atoms with van der Waals surface area (Å²) in [5.74, 6) is 2.69. The second-order valence-corrected chi connectivity index (χ2v) is 7.30. The second kappa shape index (κ2) is 7.20. The highest BCUT2D eigenvalue weighted by molar-refractivity contribution is 5.45. The van der Waals surface area contributed by atoms with Crippen molar-refractivity contribution in [2.75, 3.05) is 10.6 Å². The minimum atomic E-state index is 0.318. The van der Waals surface area contributed by atoms with Gasteiger partial charge in [0, 0.05) is 24.1 Å². The highest BCUT2D eigenvalue weighted by Gasteiger charge is 2.34. The summed E-state index contributed by atoms with van der Waals surface area (Å²) in [5.41, 5.74) is 2.57. The lowest BCUT2D eigenvalue weighted by atomic mass is 9.68. The highest BCUT2D eigenvalue weighted by atomic mass is 15.2. The van der Waals surface area contributed by atoms with Crippen molar-refractivity contribution < 1.29 is 0 Å². The van der Waals surface area contributed by atoms with Crippen molar-refractivity contribution in [2.45, 2.75) is 64.5 Å². The molecule has 0 aliphatic heterocycles. The van der Waals surface area contributed by atoms with Crippen molar-refractivity contribution in [3.8, 4) is 0 Å². The summed E-state index contributed by atoms with van der Waals surface area (Å²) in [6, 6.07) is 13.6. The molecular weight excluding hydrogens is 296 g/mol. The van der Waals surface area contributed by atoms with Gasteiger partial charge in [-0.1, -0.05) is 30.3 Å². The SMILES string of the molecule is CC(C)Nc1cc(C2CCC2c2ccccc2)nc(NC(C)C)n1. The van der Waals surface area contributed by atoms with Gasteiger partial charge in [0.05, 0.1) is 5.69 Å². The third kappa shape index (κ3) is 3.86. The lowest BCUT2D eigenvalue weighted by Gasteiger charge is -2.37. The zero-order valence-electron chi connectivity index (χ0n) is 15.1. The normalized spacial score (nSPS) is 20.1. The number of benzene rings is 1. The maximum Gasteiger partial charge on any atom is 0.225 e. The van der Waals surface area contributed by atoms with Crippen molar-refractivity contribution in [1.29, 1.82) is 0 Å². The minimum Gasteiger partial charge on any atom is -0.368 e. The van der Waals surface area contributed by atoms with Crippen LogP contribution in [0.4, 0.5) is 11.8 Å². The molecule has 1 saturated carbocycles. The van der Waals surface area contributed by atoms with Crippen LogP contribution in [0.5, 0.6) is 0 Å². The molecule has 4 nitrogen and oxygen atoms in total. The van der Waals surface area contributed by atoms with E-state index in [1.54, 1.807) is 0 Å². The Balaban J connectivity index is 1.88. The van der Waals surface area contributed by atoms with Crippen LogP contribution in [0.25, 0.3) is 0 Å². The molecule has 2 aromatic rings. The summed E-state index contributed by atoms with van der Waals surface area (Å²) >= 11 is 0. The molecule has 0 saturated heterocycles. The van der Waals surface area contributed by atoms with Crippen LogP contribution >= 0.6 is 0 Å². The number of aromatic nitrogens is 2. The minimum absolute atomic E-state index is 0.318. The second-order valence-electron chi connectivity index (χ2n) is 7.30. The molecule has 4 heteroatoms. The molecular formula is C20H28N4. The van der Waals surface area contributed by atoms with Gasteiger partial charge in [-0.15, -0.1) is 0 Å². The van der Waals surface area contributed by atoms with Crippen molar-refractivity contribution in [3.63, 3.8) is 0 Å². The van der Waals surface area contributed by atoms with Gasteiger partial charge < -0.3 is 10.6 Å². The number of nitrogens with one attached hydrogen (secondary N) is 2. The lowest BCUT2D eigenvalue weighted by molar-refractivity contribution is 0.340. The molecule has 128 valence electrons. The molecule has 2 unspecified atom stereocenters. The number of hydrogen-bond donors (Lipinski definition) is 2. The quantitative estimate of drug-likeness (QED) is 0.803. The van der Waals surface area contributed by atoms with Gasteiger partial charge in [-0.25, -0.2) is 4.98 Å². The smallest absolute Gasteiger partial charge is 0.225 e. The highest BCUT2D eigenvalue weighted by Crippen LogP contribution is 2.48. The van der Waals surface area contributed by atoms with Gasteiger partial charge in [0.25, 0.3) is 0 Å². The molecule has 3 rings (SSSR count). The standard InChI is InChI=1S/C20H28N4/c1-13(2)21-19-12-18(23-20(24-19)22-14(3)4)17-11-10-16(17)15-8-6-5-7-9-15/h5-9,12-14,16-17H,10-11H2,1-4H3,(H2,21,22,23,24). The van der Waals surface area contributed by atoms with E-state index in [9.17, 15) is 0 Å². The van der Waals surface area contributed by atoms with E-state index < -0.39 is 0 Å². The van der Waals surface area contributed by atoms with Crippen LogP contribution in [0.1, 0.15) is 63.6 Å². The summed E-state index contributed by atoms with van der Waals surface area (Å²) in [7, 11) is 0. The predicted molar refractivity (Wildman–Crippen MR) is 101 cm³/mol. The van der Waals surface area contributed by atoms with Gasteiger partial charge in [-0.05, 0) is 52.0 Å². The molecule has 1 aromatic carbocycles. The van der Waals surface area contributed by atoms with E-state index in [4.69, 9.17) is 4.98 Å². The summed E-state index contributed by atoms with van der Waals surface area (Å²) < 4.78 is 0. The summed E-state index contributed by atoms with van der Waals surface area (Å²) in [4.78, 5) is 9.44. The molecule has 0 amide bonds. The zero-order chi connectivity index (χ0) is 17.1. The Morgan fingerprint density at radius 1 is 0.875 bits per heavy atom. The Hall–Kier alpha value is -2.10. The van der Waals surface area contributed by atoms with Crippen LogP contribution in [0, 0.1) is 0 Å². The van der Waals surface area contributed by atoms with Crippen LogP contribution in [0.3, 0.4) is 0 Å². The molecule has 1 aliphatic carbocycles. The van der Waals surface area contributed by atoms with Gasteiger partial charge in [0.2, 0.25) is 5.95 Å². The average molecular weight is 324 g/mol. The Kier molecular flexibility index (Phi) is 5.03. The van der Waals surface area contributed by atoms with E-state index in [2.05, 4.69) is 79.7 Å². The van der Waals surface area contributed by atoms with Crippen molar-refractivity contribution in [1.82, 2.24) is 9.97 Å². The van der Waals surface area contributed by atoms with E-state index in [0.29, 0.717) is 23.9 Å². The van der Waals surface area contributed by atoms with Crippen LogP contribution in [0.15, 0.2) is 36.4 Å². The van der Waals surface area contributed by atoms with Crippen LogP contribution in [-0.2, 0) is 0 Å². The van der Waals surface area contributed by atoms with Gasteiger partial charge >= 0.3 is 0 Å². The largest absolute Gasteiger partial charge is 0.368 e. The van der Waals surface area contributed by atoms with E-state index in [-0.39, 0.29) is 0 Å². The summed E-state index contributed by atoms with van der Waals surface area (Å²) in [5, 5.41) is 6.78. The first-order chi connectivity index (χ1) is 11.5. The zero-order valence-corrected chi connectivity index (χ0v) is 15.1. The first-order valence-electron chi connectivity index (χ1n) is 9.00. The molecule has 1 aliphatic rings. The molecule has 2 N–H and O–H groups in total. The summed E-state index contributed by atoms with van der Waals surface area (Å²) in [6.45, 7) is 8.49. The van der Waals surface area contributed by atoms with Gasteiger partial charge in [-0.3, -0.25) is 0 Å². The number of hydrogen-bond acceptors (Lipinski definition) is 4. The van der Waals surface area contributed by atoms with Gasteiger partial charge in [-0.2, -0.15) is 4.98 Å². The maximum atomic E-state index is 4.82. The molecule has 1 fully saturated rings. The molecule has 0 spiro atoms. The number of anilines is 2.